The van der Waals surface area contributed by atoms with Gasteiger partial charge in [0, 0.05) is 19.8 Å². The summed E-state index contributed by atoms with van der Waals surface area (Å²) in [5.41, 5.74) is 8.16. The Labute approximate surface area is 157 Å². The molecule has 0 bridgehead atoms. The van der Waals surface area contributed by atoms with E-state index in [1.54, 1.807) is 29.4 Å². The third kappa shape index (κ3) is 3.92. The van der Waals surface area contributed by atoms with Crippen molar-refractivity contribution in [3.05, 3.63) is 63.6 Å². The van der Waals surface area contributed by atoms with Crippen LogP contribution in [0.3, 0.4) is 0 Å². The number of benzene rings is 2. The van der Waals surface area contributed by atoms with E-state index in [1.165, 1.54) is 11.1 Å². The summed E-state index contributed by atoms with van der Waals surface area (Å²) in [4.78, 5) is 23.9. The van der Waals surface area contributed by atoms with Gasteiger partial charge in [-0.25, -0.2) is 10.2 Å². The van der Waals surface area contributed by atoms with Crippen molar-refractivity contribution in [2.24, 2.45) is 19.2 Å². The van der Waals surface area contributed by atoms with Gasteiger partial charge in [0.25, 0.3) is 5.91 Å². The summed E-state index contributed by atoms with van der Waals surface area (Å²) in [6, 6.07) is 11.5. The van der Waals surface area contributed by atoms with E-state index in [2.05, 4.69) is 15.8 Å². The Morgan fingerprint density at radius 3 is 2.52 bits per heavy atom. The van der Waals surface area contributed by atoms with Crippen molar-refractivity contribution in [2.75, 3.05) is 11.9 Å². The van der Waals surface area contributed by atoms with Crippen molar-refractivity contribution in [3.8, 4) is 0 Å². The Morgan fingerprint density at radius 1 is 1.04 bits per heavy atom. The highest BCUT2D eigenvalue weighted by atomic mass is 16.2. The SMILES string of the molecule is Cc1ccc(NCC(=O)N/N=C/c2ccc3c(c2)n(C)c(=O)n3C)cc1C. The number of hydrogen-bond acceptors (Lipinski definition) is 4. The molecule has 0 aliphatic carbocycles. The van der Waals surface area contributed by atoms with Gasteiger partial charge in [0.2, 0.25) is 0 Å². The topological polar surface area (TPSA) is 80.4 Å². The molecule has 1 heterocycles. The fraction of sp³-hybridized carbons (Fsp3) is 0.250. The molecule has 7 heteroatoms. The minimum Gasteiger partial charge on any atom is -0.376 e. The van der Waals surface area contributed by atoms with Gasteiger partial charge in [-0.15, -0.1) is 0 Å². The Morgan fingerprint density at radius 2 is 1.78 bits per heavy atom. The first-order valence-corrected chi connectivity index (χ1v) is 8.65. The quantitative estimate of drug-likeness (QED) is 0.536. The van der Waals surface area contributed by atoms with Gasteiger partial charge in [0.15, 0.2) is 0 Å². The maximum Gasteiger partial charge on any atom is 0.328 e. The van der Waals surface area contributed by atoms with Crippen LogP contribution >= 0.6 is 0 Å². The van der Waals surface area contributed by atoms with Gasteiger partial charge < -0.3 is 5.32 Å². The van der Waals surface area contributed by atoms with E-state index in [4.69, 9.17) is 0 Å². The van der Waals surface area contributed by atoms with Gasteiger partial charge in [-0.05, 0) is 54.8 Å². The molecule has 0 saturated carbocycles. The van der Waals surface area contributed by atoms with Gasteiger partial charge in [0.05, 0.1) is 23.8 Å². The summed E-state index contributed by atoms with van der Waals surface area (Å²) in [5, 5.41) is 7.07. The van der Waals surface area contributed by atoms with Crippen LogP contribution in [0, 0.1) is 13.8 Å². The number of aromatic nitrogens is 2. The molecule has 3 aromatic rings. The number of amides is 1. The number of hydrazone groups is 1. The van der Waals surface area contributed by atoms with Crippen LogP contribution in [-0.4, -0.2) is 27.8 Å². The fourth-order valence-electron chi connectivity index (χ4n) is 2.86. The molecule has 140 valence electrons. The lowest BCUT2D eigenvalue weighted by atomic mass is 10.1. The molecule has 0 spiro atoms. The van der Waals surface area contributed by atoms with Gasteiger partial charge in [-0.2, -0.15) is 5.10 Å². The summed E-state index contributed by atoms with van der Waals surface area (Å²) in [5.74, 6) is -0.238. The van der Waals surface area contributed by atoms with E-state index in [1.807, 2.05) is 50.2 Å². The predicted octanol–water partition coefficient (Wildman–Crippen LogP) is 2.06. The molecule has 0 atom stereocenters. The summed E-state index contributed by atoms with van der Waals surface area (Å²) >= 11 is 0. The van der Waals surface area contributed by atoms with Crippen molar-refractivity contribution in [1.82, 2.24) is 14.6 Å². The molecule has 0 unspecified atom stereocenters. The van der Waals surface area contributed by atoms with Crippen LogP contribution in [0.15, 0.2) is 46.3 Å². The molecule has 0 saturated heterocycles. The highest BCUT2D eigenvalue weighted by molar-refractivity contribution is 5.88. The van der Waals surface area contributed by atoms with Crippen LogP contribution in [0.5, 0.6) is 0 Å². The average Bonchev–Trinajstić information content (AvgIpc) is 2.87. The number of fused-ring (bicyclic) bond motifs is 1. The number of nitrogens with one attached hydrogen (secondary N) is 2. The third-order valence-corrected chi connectivity index (χ3v) is 4.66. The monoisotopic (exact) mass is 365 g/mol. The second-order valence-corrected chi connectivity index (χ2v) is 6.59. The summed E-state index contributed by atoms with van der Waals surface area (Å²) < 4.78 is 3.18. The Kier molecular flexibility index (Phi) is 5.12. The van der Waals surface area contributed by atoms with Gasteiger partial charge in [-0.1, -0.05) is 12.1 Å². The molecule has 1 aromatic heterocycles. The smallest absolute Gasteiger partial charge is 0.328 e. The number of carbonyl (C=O) groups excluding carboxylic acids is 1. The lowest BCUT2D eigenvalue weighted by Crippen LogP contribution is -2.25. The van der Waals surface area contributed by atoms with Crippen molar-refractivity contribution in [1.29, 1.82) is 0 Å². The Bertz CT molecular complexity index is 1090. The van der Waals surface area contributed by atoms with Crippen LogP contribution in [0.1, 0.15) is 16.7 Å². The number of rotatable bonds is 5. The average molecular weight is 365 g/mol. The van der Waals surface area contributed by atoms with Gasteiger partial charge >= 0.3 is 5.69 Å². The molecule has 7 nitrogen and oxygen atoms in total. The highest BCUT2D eigenvalue weighted by Crippen LogP contribution is 2.14. The van der Waals surface area contributed by atoms with E-state index in [0.29, 0.717) is 0 Å². The molecule has 2 aromatic carbocycles. The number of hydrogen-bond donors (Lipinski definition) is 2. The van der Waals surface area contributed by atoms with Crippen molar-refractivity contribution in [3.63, 3.8) is 0 Å². The lowest BCUT2D eigenvalue weighted by Gasteiger charge is -2.07. The predicted molar refractivity (Wildman–Crippen MR) is 108 cm³/mol. The zero-order chi connectivity index (χ0) is 19.6. The van der Waals surface area contributed by atoms with E-state index < -0.39 is 0 Å². The fourth-order valence-corrected chi connectivity index (χ4v) is 2.86. The van der Waals surface area contributed by atoms with Crippen LogP contribution in [-0.2, 0) is 18.9 Å². The van der Waals surface area contributed by atoms with E-state index in [9.17, 15) is 9.59 Å². The normalized spacial score (nSPS) is 11.3. The van der Waals surface area contributed by atoms with Gasteiger partial charge in [0.1, 0.15) is 0 Å². The zero-order valence-corrected chi connectivity index (χ0v) is 15.9. The highest BCUT2D eigenvalue weighted by Gasteiger charge is 2.07. The van der Waals surface area contributed by atoms with Crippen LogP contribution in [0.2, 0.25) is 0 Å². The largest absolute Gasteiger partial charge is 0.376 e. The Hall–Kier alpha value is -3.35. The second kappa shape index (κ2) is 7.49. The lowest BCUT2D eigenvalue weighted by molar-refractivity contribution is -0.119. The summed E-state index contributed by atoms with van der Waals surface area (Å²) in [7, 11) is 3.47. The van der Waals surface area contributed by atoms with Crippen molar-refractivity contribution >= 4 is 28.8 Å². The number of anilines is 1. The van der Waals surface area contributed by atoms with Gasteiger partial charge in [-0.3, -0.25) is 13.9 Å². The maximum absolute atomic E-state index is 12.0. The van der Waals surface area contributed by atoms with E-state index in [0.717, 1.165) is 22.3 Å². The second-order valence-electron chi connectivity index (χ2n) is 6.59. The molecule has 0 fully saturated rings. The van der Waals surface area contributed by atoms with Crippen molar-refractivity contribution in [2.45, 2.75) is 13.8 Å². The summed E-state index contributed by atoms with van der Waals surface area (Å²) in [6.07, 6.45) is 1.56. The minimum atomic E-state index is -0.238. The van der Waals surface area contributed by atoms with Crippen LogP contribution in [0.4, 0.5) is 5.69 Å². The molecular formula is C20H23N5O2. The number of imidazole rings is 1. The standard InChI is InChI=1S/C20H23N5O2/c1-13-5-7-16(9-14(13)2)21-12-19(26)23-22-11-15-6-8-17-18(10-15)25(4)20(27)24(17)3/h5-11,21H,12H2,1-4H3,(H,23,26)/b22-11+. The van der Waals surface area contributed by atoms with E-state index in [-0.39, 0.29) is 18.1 Å². The molecule has 0 aliphatic heterocycles. The number of carbonyl (C=O) groups is 1. The first-order chi connectivity index (χ1) is 12.9. The van der Waals surface area contributed by atoms with Crippen LogP contribution < -0.4 is 16.4 Å². The zero-order valence-electron chi connectivity index (χ0n) is 15.9. The number of aryl methyl sites for hydroxylation is 4. The third-order valence-electron chi connectivity index (χ3n) is 4.66. The first kappa shape index (κ1) is 18.4. The molecule has 27 heavy (non-hydrogen) atoms. The van der Waals surface area contributed by atoms with Crippen molar-refractivity contribution < 1.29 is 4.79 Å². The van der Waals surface area contributed by atoms with Crippen LogP contribution in [0.25, 0.3) is 11.0 Å². The molecule has 0 aliphatic rings. The maximum atomic E-state index is 12.0. The Balaban J connectivity index is 1.60. The number of nitrogens with zero attached hydrogens (tertiary/aromatic N) is 3. The molecule has 1 amide bonds. The van der Waals surface area contributed by atoms with E-state index >= 15 is 0 Å². The molecule has 2 N–H and O–H groups in total. The first-order valence-electron chi connectivity index (χ1n) is 8.65. The molecule has 0 radical (unpaired) electrons. The molecular weight excluding hydrogens is 342 g/mol. The molecule has 3 rings (SSSR count). The minimum absolute atomic E-state index is 0.0789. The summed E-state index contributed by atoms with van der Waals surface area (Å²) in [6.45, 7) is 4.21.